The predicted octanol–water partition coefficient (Wildman–Crippen LogP) is 2.57. The van der Waals surface area contributed by atoms with E-state index in [4.69, 9.17) is 5.73 Å². The molecule has 1 aliphatic carbocycles. The molecule has 72 valence electrons. The van der Waals surface area contributed by atoms with Crippen molar-refractivity contribution in [3.05, 3.63) is 16.1 Å². The number of hydrogen-bond acceptors (Lipinski definition) is 3. The van der Waals surface area contributed by atoms with Crippen LogP contribution in [0.3, 0.4) is 0 Å². The summed E-state index contributed by atoms with van der Waals surface area (Å²) in [5, 5.41) is 3.24. The molecule has 1 aromatic heterocycles. The van der Waals surface area contributed by atoms with E-state index in [1.54, 1.807) is 11.3 Å². The number of aromatic nitrogens is 1. The van der Waals surface area contributed by atoms with Gasteiger partial charge in [-0.2, -0.15) is 0 Å². The van der Waals surface area contributed by atoms with Gasteiger partial charge in [0.05, 0.1) is 5.54 Å². The van der Waals surface area contributed by atoms with E-state index in [1.165, 1.54) is 19.3 Å². The van der Waals surface area contributed by atoms with Gasteiger partial charge in [-0.05, 0) is 19.8 Å². The van der Waals surface area contributed by atoms with Crippen LogP contribution in [0.25, 0.3) is 0 Å². The first-order valence-electron chi connectivity index (χ1n) is 4.92. The van der Waals surface area contributed by atoms with Crippen molar-refractivity contribution < 1.29 is 0 Å². The maximum Gasteiger partial charge on any atom is 0.113 e. The SMILES string of the molecule is Cc1csc(C2(N)CCCCC2)n1. The standard InChI is InChI=1S/C10H16N2S/c1-8-7-13-9(12-8)10(11)5-3-2-4-6-10/h7H,2-6,11H2,1H3. The van der Waals surface area contributed by atoms with Crippen molar-refractivity contribution in [3.8, 4) is 0 Å². The maximum absolute atomic E-state index is 6.34. The van der Waals surface area contributed by atoms with Gasteiger partial charge in [0, 0.05) is 11.1 Å². The molecular formula is C10H16N2S. The summed E-state index contributed by atoms with van der Waals surface area (Å²) in [5.41, 5.74) is 7.35. The Labute approximate surface area is 83.2 Å². The zero-order valence-electron chi connectivity index (χ0n) is 8.05. The van der Waals surface area contributed by atoms with Crippen LogP contribution in [-0.4, -0.2) is 4.98 Å². The molecule has 2 nitrogen and oxygen atoms in total. The third-order valence-electron chi connectivity index (χ3n) is 2.79. The highest BCUT2D eigenvalue weighted by Gasteiger charge is 2.31. The summed E-state index contributed by atoms with van der Waals surface area (Å²) in [4.78, 5) is 4.50. The van der Waals surface area contributed by atoms with Crippen LogP contribution in [0.1, 0.15) is 42.8 Å². The molecule has 0 aromatic carbocycles. The van der Waals surface area contributed by atoms with Gasteiger partial charge in [-0.1, -0.05) is 19.3 Å². The maximum atomic E-state index is 6.34. The van der Waals surface area contributed by atoms with Crippen LogP contribution in [0.15, 0.2) is 5.38 Å². The van der Waals surface area contributed by atoms with Crippen LogP contribution in [0, 0.1) is 6.92 Å². The second kappa shape index (κ2) is 3.39. The molecule has 0 radical (unpaired) electrons. The fourth-order valence-electron chi connectivity index (χ4n) is 1.98. The normalized spacial score (nSPS) is 21.7. The molecule has 1 saturated carbocycles. The van der Waals surface area contributed by atoms with E-state index in [1.807, 2.05) is 6.92 Å². The first kappa shape index (κ1) is 9.16. The number of nitrogens with zero attached hydrogens (tertiary/aromatic N) is 1. The van der Waals surface area contributed by atoms with Gasteiger partial charge < -0.3 is 5.73 Å². The van der Waals surface area contributed by atoms with Crippen molar-refractivity contribution in [1.29, 1.82) is 0 Å². The Bertz CT molecular complexity index is 287. The van der Waals surface area contributed by atoms with Gasteiger partial charge in [0.1, 0.15) is 5.01 Å². The van der Waals surface area contributed by atoms with E-state index in [0.717, 1.165) is 23.5 Å². The number of aryl methyl sites for hydroxylation is 1. The van der Waals surface area contributed by atoms with Crippen LogP contribution in [-0.2, 0) is 5.54 Å². The summed E-state index contributed by atoms with van der Waals surface area (Å²) >= 11 is 1.72. The first-order chi connectivity index (χ1) is 6.21. The molecular weight excluding hydrogens is 180 g/mol. The van der Waals surface area contributed by atoms with Crippen molar-refractivity contribution >= 4 is 11.3 Å². The number of hydrogen-bond donors (Lipinski definition) is 1. The molecule has 0 saturated heterocycles. The summed E-state index contributed by atoms with van der Waals surface area (Å²) in [5.74, 6) is 0. The number of nitrogens with two attached hydrogens (primary N) is 1. The van der Waals surface area contributed by atoms with Gasteiger partial charge in [0.2, 0.25) is 0 Å². The zero-order valence-corrected chi connectivity index (χ0v) is 8.86. The number of thiazole rings is 1. The Morgan fingerprint density at radius 2 is 2.08 bits per heavy atom. The fraction of sp³-hybridized carbons (Fsp3) is 0.700. The van der Waals surface area contributed by atoms with Crippen LogP contribution in [0.2, 0.25) is 0 Å². The fourth-order valence-corrected chi connectivity index (χ4v) is 2.95. The van der Waals surface area contributed by atoms with Crippen LogP contribution < -0.4 is 5.73 Å². The highest BCUT2D eigenvalue weighted by molar-refractivity contribution is 7.09. The lowest BCUT2D eigenvalue weighted by atomic mass is 9.83. The molecule has 13 heavy (non-hydrogen) atoms. The largest absolute Gasteiger partial charge is 0.319 e. The summed E-state index contributed by atoms with van der Waals surface area (Å²) in [7, 11) is 0. The summed E-state index contributed by atoms with van der Waals surface area (Å²) in [6.07, 6.45) is 6.08. The number of rotatable bonds is 1. The van der Waals surface area contributed by atoms with Crippen molar-refractivity contribution in [3.63, 3.8) is 0 Å². The molecule has 1 fully saturated rings. The van der Waals surface area contributed by atoms with Crippen molar-refractivity contribution in [1.82, 2.24) is 4.98 Å². The predicted molar refractivity (Wildman–Crippen MR) is 55.8 cm³/mol. The molecule has 0 bridgehead atoms. The molecule has 2 N–H and O–H groups in total. The monoisotopic (exact) mass is 196 g/mol. The van der Waals surface area contributed by atoms with Gasteiger partial charge in [-0.25, -0.2) is 4.98 Å². The molecule has 3 heteroatoms. The van der Waals surface area contributed by atoms with Gasteiger partial charge >= 0.3 is 0 Å². The molecule has 0 unspecified atom stereocenters. The second-order valence-corrected chi connectivity index (χ2v) is 4.87. The first-order valence-corrected chi connectivity index (χ1v) is 5.80. The van der Waals surface area contributed by atoms with E-state index in [9.17, 15) is 0 Å². The Kier molecular flexibility index (Phi) is 2.39. The summed E-state index contributed by atoms with van der Waals surface area (Å²) in [6, 6.07) is 0. The molecule has 1 heterocycles. The molecule has 0 atom stereocenters. The van der Waals surface area contributed by atoms with E-state index >= 15 is 0 Å². The second-order valence-electron chi connectivity index (χ2n) is 4.01. The minimum absolute atomic E-state index is 0.100. The van der Waals surface area contributed by atoms with Crippen molar-refractivity contribution in [2.24, 2.45) is 5.73 Å². The van der Waals surface area contributed by atoms with E-state index in [0.29, 0.717) is 0 Å². The van der Waals surface area contributed by atoms with Crippen LogP contribution in [0.5, 0.6) is 0 Å². The van der Waals surface area contributed by atoms with Crippen molar-refractivity contribution in [2.45, 2.75) is 44.6 Å². The average Bonchev–Trinajstić information content (AvgIpc) is 2.54. The van der Waals surface area contributed by atoms with E-state index in [2.05, 4.69) is 10.4 Å². The van der Waals surface area contributed by atoms with Crippen LogP contribution >= 0.6 is 11.3 Å². The van der Waals surface area contributed by atoms with Gasteiger partial charge in [0.25, 0.3) is 0 Å². The lowest BCUT2D eigenvalue weighted by Gasteiger charge is -2.31. The molecule has 2 rings (SSSR count). The lowest BCUT2D eigenvalue weighted by molar-refractivity contribution is 0.301. The lowest BCUT2D eigenvalue weighted by Crippen LogP contribution is -2.38. The zero-order chi connectivity index (χ0) is 9.31. The third kappa shape index (κ3) is 1.76. The van der Waals surface area contributed by atoms with Gasteiger partial charge in [-0.3, -0.25) is 0 Å². The highest BCUT2D eigenvalue weighted by Crippen LogP contribution is 2.35. The highest BCUT2D eigenvalue weighted by atomic mass is 32.1. The Morgan fingerprint density at radius 3 is 2.62 bits per heavy atom. The molecule has 1 aliphatic rings. The summed E-state index contributed by atoms with van der Waals surface area (Å²) in [6.45, 7) is 2.03. The van der Waals surface area contributed by atoms with E-state index < -0.39 is 0 Å². The smallest absolute Gasteiger partial charge is 0.113 e. The van der Waals surface area contributed by atoms with E-state index in [-0.39, 0.29) is 5.54 Å². The topological polar surface area (TPSA) is 38.9 Å². The minimum Gasteiger partial charge on any atom is -0.319 e. The van der Waals surface area contributed by atoms with Crippen molar-refractivity contribution in [2.75, 3.05) is 0 Å². The molecule has 0 amide bonds. The van der Waals surface area contributed by atoms with Gasteiger partial charge in [-0.15, -0.1) is 11.3 Å². The Hall–Kier alpha value is -0.410. The Morgan fingerprint density at radius 1 is 1.38 bits per heavy atom. The quantitative estimate of drug-likeness (QED) is 0.749. The molecule has 1 aromatic rings. The third-order valence-corrected chi connectivity index (χ3v) is 3.97. The average molecular weight is 196 g/mol. The molecule has 0 aliphatic heterocycles. The summed E-state index contributed by atoms with van der Waals surface area (Å²) < 4.78 is 0. The Balaban J connectivity index is 2.22. The van der Waals surface area contributed by atoms with Gasteiger partial charge in [0.15, 0.2) is 0 Å². The van der Waals surface area contributed by atoms with Crippen LogP contribution in [0.4, 0.5) is 0 Å². The molecule has 0 spiro atoms. The minimum atomic E-state index is -0.100.